The molecule has 3 rings (SSSR count). The highest BCUT2D eigenvalue weighted by Gasteiger charge is 2.06. The molecule has 0 aliphatic rings. The van der Waals surface area contributed by atoms with E-state index in [0.717, 1.165) is 24.0 Å². The van der Waals surface area contributed by atoms with Gasteiger partial charge in [0.05, 0.1) is 10.0 Å². The fourth-order valence-corrected chi connectivity index (χ4v) is 3.90. The molecule has 0 unspecified atom stereocenters. The number of nitrogens with zero attached hydrogens (tertiary/aromatic N) is 1. The second-order valence-corrected chi connectivity index (χ2v) is 7.87. The molecule has 0 atom stereocenters. The third-order valence-electron chi connectivity index (χ3n) is 3.91. The first-order valence-corrected chi connectivity index (χ1v) is 9.89. The van der Waals surface area contributed by atoms with Gasteiger partial charge in [-0.2, -0.15) is 0 Å². The van der Waals surface area contributed by atoms with E-state index in [2.05, 4.69) is 28.5 Å². The number of rotatable bonds is 7. The zero-order valence-corrected chi connectivity index (χ0v) is 16.4. The summed E-state index contributed by atoms with van der Waals surface area (Å²) < 4.78 is 0. The topological polar surface area (TPSA) is 42.0 Å². The van der Waals surface area contributed by atoms with Crippen molar-refractivity contribution in [1.82, 2.24) is 10.3 Å². The van der Waals surface area contributed by atoms with E-state index in [1.165, 1.54) is 9.75 Å². The fraction of sp³-hybridized carbons (Fsp3) is 0.200. The lowest BCUT2D eigenvalue weighted by Crippen LogP contribution is -2.22. The number of pyridine rings is 1. The maximum Gasteiger partial charge on any atom is 0.220 e. The van der Waals surface area contributed by atoms with E-state index in [1.54, 1.807) is 29.7 Å². The summed E-state index contributed by atoms with van der Waals surface area (Å²) in [6.45, 7) is 0.458. The molecule has 2 aromatic heterocycles. The SMILES string of the molecule is O=C(CCCc1ccc(-c2cccnc2)s1)NCc1ccc(Cl)c(Cl)c1. The zero-order valence-electron chi connectivity index (χ0n) is 14.0. The zero-order chi connectivity index (χ0) is 18.4. The molecule has 0 radical (unpaired) electrons. The van der Waals surface area contributed by atoms with Gasteiger partial charge in [-0.1, -0.05) is 35.3 Å². The van der Waals surface area contributed by atoms with Gasteiger partial charge in [-0.15, -0.1) is 11.3 Å². The van der Waals surface area contributed by atoms with Crippen molar-refractivity contribution in [1.29, 1.82) is 0 Å². The van der Waals surface area contributed by atoms with Crippen LogP contribution in [0.5, 0.6) is 0 Å². The number of aryl methyl sites for hydroxylation is 1. The molecule has 1 N–H and O–H groups in total. The van der Waals surface area contributed by atoms with Gasteiger partial charge in [-0.25, -0.2) is 0 Å². The monoisotopic (exact) mass is 404 g/mol. The summed E-state index contributed by atoms with van der Waals surface area (Å²) in [4.78, 5) is 18.6. The Labute approximate surface area is 167 Å². The second kappa shape index (κ2) is 9.17. The number of benzene rings is 1. The number of hydrogen-bond acceptors (Lipinski definition) is 3. The number of amides is 1. The average molecular weight is 405 g/mol. The smallest absolute Gasteiger partial charge is 0.220 e. The number of nitrogens with one attached hydrogen (secondary N) is 1. The Morgan fingerprint density at radius 1 is 1.12 bits per heavy atom. The van der Waals surface area contributed by atoms with Gasteiger partial charge in [-0.05, 0) is 48.7 Å². The Kier molecular flexibility index (Phi) is 6.67. The van der Waals surface area contributed by atoms with Crippen LogP contribution in [0.25, 0.3) is 10.4 Å². The molecule has 3 nitrogen and oxygen atoms in total. The molecule has 0 bridgehead atoms. The minimum atomic E-state index is 0.0418. The largest absolute Gasteiger partial charge is 0.352 e. The highest BCUT2D eigenvalue weighted by atomic mass is 35.5. The standard InChI is InChI=1S/C20H18Cl2N2OS/c21-17-8-6-14(11-18(17)22)12-24-20(25)5-1-4-16-7-9-19(26-16)15-3-2-10-23-13-15/h2-3,6-11,13H,1,4-5,12H2,(H,24,25). The third-order valence-corrected chi connectivity index (χ3v) is 5.84. The van der Waals surface area contributed by atoms with Gasteiger partial charge in [0.2, 0.25) is 5.91 Å². The third kappa shape index (κ3) is 5.31. The van der Waals surface area contributed by atoms with E-state index in [-0.39, 0.29) is 5.91 Å². The van der Waals surface area contributed by atoms with Crippen LogP contribution in [0.3, 0.4) is 0 Å². The molecule has 3 aromatic rings. The van der Waals surface area contributed by atoms with Crippen molar-refractivity contribution in [3.05, 3.63) is 75.3 Å². The molecular formula is C20H18Cl2N2OS. The molecule has 0 fully saturated rings. The van der Waals surface area contributed by atoms with Gasteiger partial charge >= 0.3 is 0 Å². The normalized spacial score (nSPS) is 10.7. The Hall–Kier alpha value is -1.88. The van der Waals surface area contributed by atoms with E-state index in [1.807, 2.05) is 18.3 Å². The predicted molar refractivity (Wildman–Crippen MR) is 109 cm³/mol. The van der Waals surface area contributed by atoms with Crippen LogP contribution in [0.15, 0.2) is 54.9 Å². The number of carbonyl (C=O) groups excluding carboxylic acids is 1. The summed E-state index contributed by atoms with van der Waals surface area (Å²) in [6, 6.07) is 13.6. The summed E-state index contributed by atoms with van der Waals surface area (Å²) in [5.41, 5.74) is 2.07. The highest BCUT2D eigenvalue weighted by Crippen LogP contribution is 2.28. The van der Waals surface area contributed by atoms with Crippen molar-refractivity contribution in [3.8, 4) is 10.4 Å². The first kappa shape index (κ1) is 18.9. The molecule has 0 spiro atoms. The van der Waals surface area contributed by atoms with Crippen LogP contribution < -0.4 is 5.32 Å². The summed E-state index contributed by atoms with van der Waals surface area (Å²) in [5, 5.41) is 3.93. The molecule has 0 saturated heterocycles. The highest BCUT2D eigenvalue weighted by molar-refractivity contribution is 7.15. The van der Waals surface area contributed by atoms with Crippen LogP contribution in [0.1, 0.15) is 23.3 Å². The Bertz CT molecular complexity index is 881. The van der Waals surface area contributed by atoms with E-state index in [4.69, 9.17) is 23.2 Å². The summed E-state index contributed by atoms with van der Waals surface area (Å²) in [7, 11) is 0. The van der Waals surface area contributed by atoms with Crippen LogP contribution in [-0.2, 0) is 17.8 Å². The lowest BCUT2D eigenvalue weighted by atomic mass is 10.2. The van der Waals surface area contributed by atoms with Gasteiger partial charge < -0.3 is 5.32 Å². The van der Waals surface area contributed by atoms with E-state index < -0.39 is 0 Å². The van der Waals surface area contributed by atoms with Crippen molar-refractivity contribution in [2.75, 3.05) is 0 Å². The molecule has 2 heterocycles. The van der Waals surface area contributed by atoms with Gasteiger partial charge in [0.15, 0.2) is 0 Å². The number of thiophene rings is 1. The molecule has 134 valence electrons. The minimum Gasteiger partial charge on any atom is -0.352 e. The van der Waals surface area contributed by atoms with Crippen LogP contribution in [0, 0.1) is 0 Å². The maximum atomic E-state index is 12.0. The van der Waals surface area contributed by atoms with E-state index in [9.17, 15) is 4.79 Å². The van der Waals surface area contributed by atoms with Gasteiger partial charge in [0.1, 0.15) is 0 Å². The summed E-state index contributed by atoms with van der Waals surface area (Å²) >= 11 is 13.6. The fourth-order valence-electron chi connectivity index (χ4n) is 2.54. The summed E-state index contributed by atoms with van der Waals surface area (Å²) in [6.07, 6.45) is 5.85. The van der Waals surface area contributed by atoms with Crippen LogP contribution in [0.2, 0.25) is 10.0 Å². The van der Waals surface area contributed by atoms with Crippen molar-refractivity contribution in [3.63, 3.8) is 0 Å². The van der Waals surface area contributed by atoms with E-state index in [0.29, 0.717) is 23.0 Å². The van der Waals surface area contributed by atoms with Crippen LogP contribution in [0.4, 0.5) is 0 Å². The molecule has 0 aliphatic carbocycles. The Morgan fingerprint density at radius 2 is 2.00 bits per heavy atom. The quantitative estimate of drug-likeness (QED) is 0.543. The number of aromatic nitrogens is 1. The predicted octanol–water partition coefficient (Wildman–Crippen LogP) is 5.76. The number of halogens is 2. The van der Waals surface area contributed by atoms with Crippen molar-refractivity contribution in [2.24, 2.45) is 0 Å². The first-order valence-electron chi connectivity index (χ1n) is 8.31. The molecule has 1 aromatic carbocycles. The minimum absolute atomic E-state index is 0.0418. The first-order chi connectivity index (χ1) is 12.6. The van der Waals surface area contributed by atoms with Crippen LogP contribution in [-0.4, -0.2) is 10.9 Å². The second-order valence-electron chi connectivity index (χ2n) is 5.89. The lowest BCUT2D eigenvalue weighted by molar-refractivity contribution is -0.121. The molecule has 1 amide bonds. The molecule has 0 saturated carbocycles. The Balaban J connectivity index is 1.42. The van der Waals surface area contributed by atoms with Crippen LogP contribution >= 0.6 is 34.5 Å². The molecule has 6 heteroatoms. The van der Waals surface area contributed by atoms with Gasteiger partial charge in [0, 0.05) is 40.7 Å². The summed E-state index contributed by atoms with van der Waals surface area (Å²) in [5.74, 6) is 0.0418. The van der Waals surface area contributed by atoms with Crippen molar-refractivity contribution >= 4 is 40.4 Å². The lowest BCUT2D eigenvalue weighted by Gasteiger charge is -2.06. The van der Waals surface area contributed by atoms with Gasteiger partial charge in [-0.3, -0.25) is 9.78 Å². The van der Waals surface area contributed by atoms with E-state index >= 15 is 0 Å². The Morgan fingerprint density at radius 3 is 2.77 bits per heavy atom. The number of carbonyl (C=O) groups is 1. The molecule has 26 heavy (non-hydrogen) atoms. The average Bonchev–Trinajstić information content (AvgIpc) is 3.12. The van der Waals surface area contributed by atoms with Crippen molar-refractivity contribution < 1.29 is 4.79 Å². The number of hydrogen-bond donors (Lipinski definition) is 1. The van der Waals surface area contributed by atoms with Gasteiger partial charge in [0.25, 0.3) is 0 Å². The molecular weight excluding hydrogens is 387 g/mol. The van der Waals surface area contributed by atoms with Crippen molar-refractivity contribution in [2.45, 2.75) is 25.8 Å². The maximum absolute atomic E-state index is 12.0. The molecule has 0 aliphatic heterocycles.